The number of aromatic nitrogens is 4. The summed E-state index contributed by atoms with van der Waals surface area (Å²) in [4.78, 5) is 9.29. The zero-order chi connectivity index (χ0) is 18.1. The quantitative estimate of drug-likeness (QED) is 0.724. The van der Waals surface area contributed by atoms with Gasteiger partial charge in [0.05, 0.1) is 11.4 Å². The second-order valence-electron chi connectivity index (χ2n) is 7.98. The lowest BCUT2D eigenvalue weighted by Crippen LogP contribution is -2.36. The Morgan fingerprint density at radius 3 is 2.96 bits per heavy atom. The first-order chi connectivity index (χ1) is 12.6. The topological polar surface area (TPSA) is 80.5 Å². The molecule has 0 bridgehead atoms. The Balaban J connectivity index is 0.00000210. The molecule has 0 amide bonds. The average molecular weight is 351 g/mol. The zero-order valence-corrected chi connectivity index (χ0v) is 15.5. The van der Waals surface area contributed by atoms with E-state index in [0.717, 1.165) is 41.7 Å². The molecular formula is C21H29N5. The molecule has 5 heteroatoms. The van der Waals surface area contributed by atoms with Gasteiger partial charge in [-0.3, -0.25) is 10.1 Å². The highest BCUT2D eigenvalue weighted by Gasteiger charge is 2.30. The number of aromatic amines is 1. The third-order valence-electron chi connectivity index (χ3n) is 5.59. The molecule has 3 N–H and O–H groups in total. The van der Waals surface area contributed by atoms with Crippen molar-refractivity contribution >= 4 is 11.0 Å². The smallest absolute Gasteiger partial charge is 0.181 e. The van der Waals surface area contributed by atoms with E-state index in [0.29, 0.717) is 23.8 Å². The maximum Gasteiger partial charge on any atom is 0.181 e. The molecule has 138 valence electrons. The van der Waals surface area contributed by atoms with Gasteiger partial charge < -0.3 is 5.73 Å². The average Bonchev–Trinajstić information content (AvgIpc) is 3.07. The standard InChI is InChI=1S/C21H27N5.H2/c1-13(2)11-15-12-14(8-9-17(15)22)18-6-3-7-19(24-18)20-16-5-4-10-23-21(16)26-25-20;/h3-7,10,13-15,17H,8-9,11-12,22H2,1-2H3,(H,23,25,26);1H/t14?,15-,17+;/m1./s1. The Kier molecular flexibility index (Phi) is 4.72. The van der Waals surface area contributed by atoms with Crippen LogP contribution in [0.3, 0.4) is 0 Å². The monoisotopic (exact) mass is 351 g/mol. The lowest BCUT2D eigenvalue weighted by molar-refractivity contribution is 0.240. The first kappa shape index (κ1) is 17.2. The first-order valence-electron chi connectivity index (χ1n) is 9.64. The summed E-state index contributed by atoms with van der Waals surface area (Å²) in [5.41, 5.74) is 10.2. The summed E-state index contributed by atoms with van der Waals surface area (Å²) >= 11 is 0. The molecule has 1 saturated carbocycles. The van der Waals surface area contributed by atoms with Gasteiger partial charge in [0.2, 0.25) is 0 Å². The molecule has 5 nitrogen and oxygen atoms in total. The van der Waals surface area contributed by atoms with Crippen molar-refractivity contribution in [2.75, 3.05) is 0 Å². The van der Waals surface area contributed by atoms with Gasteiger partial charge in [-0.25, -0.2) is 4.98 Å². The van der Waals surface area contributed by atoms with Gasteiger partial charge in [0, 0.05) is 30.7 Å². The van der Waals surface area contributed by atoms with E-state index in [1.165, 1.54) is 12.1 Å². The molecule has 0 saturated heterocycles. The van der Waals surface area contributed by atoms with Crippen LogP contribution in [0.4, 0.5) is 0 Å². The van der Waals surface area contributed by atoms with E-state index < -0.39 is 0 Å². The van der Waals surface area contributed by atoms with E-state index in [9.17, 15) is 0 Å². The summed E-state index contributed by atoms with van der Waals surface area (Å²) in [6.45, 7) is 4.57. The highest BCUT2D eigenvalue weighted by molar-refractivity contribution is 5.89. The Bertz CT molecular complexity index is 891. The Hall–Kier alpha value is -2.27. The van der Waals surface area contributed by atoms with Crippen LogP contribution in [0.25, 0.3) is 22.4 Å². The van der Waals surface area contributed by atoms with Crippen LogP contribution in [0.2, 0.25) is 0 Å². The van der Waals surface area contributed by atoms with Gasteiger partial charge in [-0.1, -0.05) is 19.9 Å². The number of hydrogen-bond acceptors (Lipinski definition) is 4. The minimum atomic E-state index is 0. The second-order valence-corrected chi connectivity index (χ2v) is 7.98. The summed E-state index contributed by atoms with van der Waals surface area (Å²) in [7, 11) is 0. The molecule has 0 spiro atoms. The van der Waals surface area contributed by atoms with Gasteiger partial charge in [0.25, 0.3) is 0 Å². The van der Waals surface area contributed by atoms with Gasteiger partial charge in [-0.05, 0) is 61.8 Å². The van der Waals surface area contributed by atoms with Crippen LogP contribution in [0, 0.1) is 11.8 Å². The van der Waals surface area contributed by atoms with E-state index in [1.807, 2.05) is 18.2 Å². The van der Waals surface area contributed by atoms with Crippen molar-refractivity contribution in [3.8, 4) is 11.4 Å². The van der Waals surface area contributed by atoms with Gasteiger partial charge in [-0.2, -0.15) is 5.10 Å². The summed E-state index contributed by atoms with van der Waals surface area (Å²) in [5.74, 6) is 1.77. The molecule has 1 aliphatic carbocycles. The number of nitrogens with two attached hydrogens (primary N) is 1. The van der Waals surface area contributed by atoms with Gasteiger partial charge in [-0.15, -0.1) is 0 Å². The van der Waals surface area contributed by atoms with Crippen LogP contribution >= 0.6 is 0 Å². The number of nitrogens with one attached hydrogen (secondary N) is 1. The zero-order valence-electron chi connectivity index (χ0n) is 15.5. The summed E-state index contributed by atoms with van der Waals surface area (Å²) in [5, 5.41) is 8.42. The third-order valence-corrected chi connectivity index (χ3v) is 5.59. The van der Waals surface area contributed by atoms with Crippen molar-refractivity contribution in [2.45, 2.75) is 51.5 Å². The molecule has 1 fully saturated rings. The van der Waals surface area contributed by atoms with Crippen molar-refractivity contribution in [1.82, 2.24) is 20.2 Å². The number of nitrogens with zero attached hydrogens (tertiary/aromatic N) is 3. The first-order valence-corrected chi connectivity index (χ1v) is 9.64. The molecule has 3 aromatic rings. The van der Waals surface area contributed by atoms with Crippen molar-refractivity contribution in [2.24, 2.45) is 17.6 Å². The summed E-state index contributed by atoms with van der Waals surface area (Å²) < 4.78 is 0. The predicted octanol–water partition coefficient (Wildman–Crippen LogP) is 4.52. The molecule has 3 aromatic heterocycles. The van der Waals surface area contributed by atoms with Crippen LogP contribution in [-0.4, -0.2) is 26.2 Å². The van der Waals surface area contributed by atoms with Crippen molar-refractivity contribution < 1.29 is 1.43 Å². The number of rotatable bonds is 4. The molecule has 0 aliphatic heterocycles. The van der Waals surface area contributed by atoms with Crippen molar-refractivity contribution in [3.63, 3.8) is 0 Å². The van der Waals surface area contributed by atoms with E-state index in [-0.39, 0.29) is 1.43 Å². The van der Waals surface area contributed by atoms with Crippen LogP contribution in [0.1, 0.15) is 52.6 Å². The van der Waals surface area contributed by atoms with E-state index >= 15 is 0 Å². The van der Waals surface area contributed by atoms with Crippen LogP contribution in [0.15, 0.2) is 36.5 Å². The molecule has 4 rings (SSSR count). The maximum absolute atomic E-state index is 6.40. The fourth-order valence-electron chi connectivity index (χ4n) is 4.30. The van der Waals surface area contributed by atoms with Gasteiger partial charge >= 0.3 is 0 Å². The minimum absolute atomic E-state index is 0. The van der Waals surface area contributed by atoms with Crippen molar-refractivity contribution in [1.29, 1.82) is 0 Å². The Labute approximate surface area is 155 Å². The van der Waals surface area contributed by atoms with Crippen molar-refractivity contribution in [3.05, 3.63) is 42.2 Å². The Morgan fingerprint density at radius 1 is 1.23 bits per heavy atom. The number of pyridine rings is 2. The third kappa shape index (κ3) is 3.36. The van der Waals surface area contributed by atoms with Crippen LogP contribution in [-0.2, 0) is 0 Å². The molecule has 1 unspecified atom stereocenters. The fraction of sp³-hybridized carbons (Fsp3) is 0.476. The summed E-state index contributed by atoms with van der Waals surface area (Å²) in [6.07, 6.45) is 6.31. The SMILES string of the molecule is CC(C)C[C@@H]1CC(c2cccc(-c3[nH]nc4ncccc34)n2)CC[C@@H]1N.[HH]. The normalized spacial score (nSPS) is 23.6. The van der Waals surface area contributed by atoms with Gasteiger partial charge in [0.1, 0.15) is 0 Å². The molecule has 0 radical (unpaired) electrons. The highest BCUT2D eigenvalue weighted by Crippen LogP contribution is 2.38. The maximum atomic E-state index is 6.40. The molecule has 3 heterocycles. The van der Waals surface area contributed by atoms with E-state index in [1.54, 1.807) is 6.20 Å². The van der Waals surface area contributed by atoms with Crippen LogP contribution in [0.5, 0.6) is 0 Å². The Morgan fingerprint density at radius 2 is 2.12 bits per heavy atom. The molecule has 1 aliphatic rings. The van der Waals surface area contributed by atoms with E-state index in [4.69, 9.17) is 10.7 Å². The second kappa shape index (κ2) is 7.16. The van der Waals surface area contributed by atoms with E-state index in [2.05, 4.69) is 41.2 Å². The molecule has 26 heavy (non-hydrogen) atoms. The van der Waals surface area contributed by atoms with Gasteiger partial charge in [0.15, 0.2) is 5.65 Å². The summed E-state index contributed by atoms with van der Waals surface area (Å²) in [6, 6.07) is 10.6. The largest absolute Gasteiger partial charge is 0.327 e. The number of fused-ring (bicyclic) bond motifs is 1. The lowest BCUT2D eigenvalue weighted by atomic mass is 9.74. The number of hydrogen-bond donors (Lipinski definition) is 2. The molecule has 3 atom stereocenters. The lowest BCUT2D eigenvalue weighted by Gasteiger charge is -2.35. The molecule has 0 aromatic carbocycles. The highest BCUT2D eigenvalue weighted by atomic mass is 15.2. The van der Waals surface area contributed by atoms with Crippen LogP contribution < -0.4 is 5.73 Å². The number of H-pyrrole nitrogens is 1. The fourth-order valence-corrected chi connectivity index (χ4v) is 4.30. The molecular weight excluding hydrogens is 322 g/mol. The predicted molar refractivity (Wildman–Crippen MR) is 107 cm³/mol. The minimum Gasteiger partial charge on any atom is -0.327 e.